The molecule has 1 N–H and O–H groups in total. The van der Waals surface area contributed by atoms with E-state index in [4.69, 9.17) is 4.74 Å². The minimum Gasteiger partial charge on any atom is -0.380 e. The molecule has 0 radical (unpaired) electrons. The molecule has 0 aliphatic carbocycles. The predicted octanol–water partition coefficient (Wildman–Crippen LogP) is 2.97. The Bertz CT molecular complexity index is 442. The molecule has 1 aromatic rings. The van der Waals surface area contributed by atoms with Crippen LogP contribution in [0.25, 0.3) is 6.08 Å². The lowest BCUT2D eigenvalue weighted by Gasteiger charge is -2.31. The smallest absolute Gasteiger partial charge is 0.321 e. The van der Waals surface area contributed by atoms with E-state index in [1.165, 1.54) is 0 Å². The Morgan fingerprint density at radius 1 is 1.47 bits per heavy atom. The van der Waals surface area contributed by atoms with Gasteiger partial charge in [-0.05, 0) is 30.5 Å². The summed E-state index contributed by atoms with van der Waals surface area (Å²) in [6, 6.07) is 7.56. The normalized spacial score (nSPS) is 19.0. The molecule has 1 atom stereocenters. The molecule has 1 aliphatic heterocycles. The van der Waals surface area contributed by atoms with E-state index in [-0.39, 0.29) is 12.1 Å². The zero-order chi connectivity index (χ0) is 13.7. The third-order valence-electron chi connectivity index (χ3n) is 3.40. The van der Waals surface area contributed by atoms with Gasteiger partial charge in [-0.25, -0.2) is 4.79 Å². The van der Waals surface area contributed by atoms with Crippen LogP contribution in [0.2, 0.25) is 0 Å². The highest BCUT2D eigenvalue weighted by atomic mass is 16.5. The van der Waals surface area contributed by atoms with Crippen molar-refractivity contribution in [1.29, 1.82) is 0 Å². The number of likely N-dealkylation sites (tertiary alicyclic amines) is 1. The molecule has 0 bridgehead atoms. The van der Waals surface area contributed by atoms with Gasteiger partial charge in [0.25, 0.3) is 0 Å². The van der Waals surface area contributed by atoms with Gasteiger partial charge in [0.15, 0.2) is 0 Å². The number of benzene rings is 1. The van der Waals surface area contributed by atoms with Crippen molar-refractivity contribution in [2.24, 2.45) is 0 Å². The fraction of sp³-hybridized carbons (Fsp3) is 0.400. The van der Waals surface area contributed by atoms with Crippen molar-refractivity contribution in [2.45, 2.75) is 18.9 Å². The molecule has 1 fully saturated rings. The molecule has 4 nitrogen and oxygen atoms in total. The van der Waals surface area contributed by atoms with Crippen molar-refractivity contribution in [1.82, 2.24) is 4.90 Å². The Labute approximate surface area is 114 Å². The molecule has 0 spiro atoms. The van der Waals surface area contributed by atoms with E-state index in [0.29, 0.717) is 6.54 Å². The Hall–Kier alpha value is -1.81. The van der Waals surface area contributed by atoms with Gasteiger partial charge in [0.05, 0.1) is 6.10 Å². The van der Waals surface area contributed by atoms with Gasteiger partial charge in [-0.2, -0.15) is 0 Å². The summed E-state index contributed by atoms with van der Waals surface area (Å²) >= 11 is 0. The summed E-state index contributed by atoms with van der Waals surface area (Å²) in [4.78, 5) is 13.9. The van der Waals surface area contributed by atoms with E-state index in [2.05, 4.69) is 11.9 Å². The number of amides is 2. The van der Waals surface area contributed by atoms with Crippen LogP contribution in [0.15, 0.2) is 30.8 Å². The average molecular weight is 260 g/mol. The van der Waals surface area contributed by atoms with Crippen LogP contribution in [0, 0.1) is 0 Å². The van der Waals surface area contributed by atoms with Gasteiger partial charge in [-0.1, -0.05) is 24.8 Å². The van der Waals surface area contributed by atoms with Crippen molar-refractivity contribution in [2.75, 3.05) is 25.5 Å². The summed E-state index contributed by atoms with van der Waals surface area (Å²) in [7, 11) is 1.69. The quantitative estimate of drug-likeness (QED) is 0.907. The summed E-state index contributed by atoms with van der Waals surface area (Å²) in [5.74, 6) is 0. The van der Waals surface area contributed by atoms with E-state index in [9.17, 15) is 4.79 Å². The van der Waals surface area contributed by atoms with Gasteiger partial charge in [-0.3, -0.25) is 0 Å². The van der Waals surface area contributed by atoms with Crippen molar-refractivity contribution < 1.29 is 9.53 Å². The van der Waals surface area contributed by atoms with Gasteiger partial charge >= 0.3 is 6.03 Å². The molecule has 19 heavy (non-hydrogen) atoms. The van der Waals surface area contributed by atoms with Gasteiger partial charge in [0.1, 0.15) is 0 Å². The standard InChI is InChI=1S/C15H20N2O2/c1-3-12-6-8-13(9-7-12)16-15(18)17-10-4-5-14(11-17)19-2/h3,6-9,14H,1,4-5,10-11H2,2H3,(H,16,18)/t14-/m1/s1. The zero-order valence-electron chi connectivity index (χ0n) is 11.3. The Balaban J connectivity index is 1.94. The molecule has 0 aromatic heterocycles. The monoisotopic (exact) mass is 260 g/mol. The Kier molecular flexibility index (Phi) is 4.58. The van der Waals surface area contributed by atoms with Gasteiger partial charge in [-0.15, -0.1) is 0 Å². The molecule has 0 saturated carbocycles. The minimum absolute atomic E-state index is 0.0619. The first-order valence-electron chi connectivity index (χ1n) is 6.54. The summed E-state index contributed by atoms with van der Waals surface area (Å²) in [6.45, 7) is 5.15. The van der Waals surface area contributed by atoms with Crippen molar-refractivity contribution >= 4 is 17.8 Å². The highest BCUT2D eigenvalue weighted by Gasteiger charge is 2.23. The Morgan fingerprint density at radius 2 is 2.21 bits per heavy atom. The summed E-state index contributed by atoms with van der Waals surface area (Å²) in [5.41, 5.74) is 1.84. The largest absolute Gasteiger partial charge is 0.380 e. The molecule has 0 unspecified atom stereocenters. The van der Waals surface area contributed by atoms with Crippen molar-refractivity contribution in [3.8, 4) is 0 Å². The SMILES string of the molecule is C=Cc1ccc(NC(=O)N2CCC[C@@H](OC)C2)cc1. The summed E-state index contributed by atoms with van der Waals surface area (Å²) < 4.78 is 5.32. The number of hydrogen-bond donors (Lipinski definition) is 1. The van der Waals surface area contributed by atoms with Crippen LogP contribution >= 0.6 is 0 Å². The number of hydrogen-bond acceptors (Lipinski definition) is 2. The lowest BCUT2D eigenvalue weighted by Crippen LogP contribution is -2.44. The molecule has 2 rings (SSSR count). The van der Waals surface area contributed by atoms with E-state index < -0.39 is 0 Å². The van der Waals surface area contributed by atoms with Crippen LogP contribution in [0.3, 0.4) is 0 Å². The second kappa shape index (κ2) is 6.38. The topological polar surface area (TPSA) is 41.6 Å². The van der Waals surface area contributed by atoms with Crippen LogP contribution in [0.1, 0.15) is 18.4 Å². The number of carbonyl (C=O) groups is 1. The van der Waals surface area contributed by atoms with Crippen LogP contribution < -0.4 is 5.32 Å². The van der Waals surface area contributed by atoms with E-state index in [1.54, 1.807) is 18.1 Å². The number of methoxy groups -OCH3 is 1. The van der Waals surface area contributed by atoms with Gasteiger partial charge in [0, 0.05) is 25.9 Å². The number of rotatable bonds is 3. The molecule has 4 heteroatoms. The number of nitrogens with one attached hydrogen (secondary N) is 1. The number of ether oxygens (including phenoxy) is 1. The molecule has 1 aromatic carbocycles. The fourth-order valence-electron chi connectivity index (χ4n) is 2.22. The van der Waals surface area contributed by atoms with E-state index >= 15 is 0 Å². The molecule has 2 amide bonds. The van der Waals surface area contributed by atoms with E-state index in [1.807, 2.05) is 24.3 Å². The third-order valence-corrected chi connectivity index (χ3v) is 3.40. The molecular formula is C15H20N2O2. The fourth-order valence-corrected chi connectivity index (χ4v) is 2.22. The second-order valence-electron chi connectivity index (χ2n) is 4.70. The van der Waals surface area contributed by atoms with Gasteiger partial charge < -0.3 is 15.0 Å². The summed E-state index contributed by atoms with van der Waals surface area (Å²) in [5, 5.41) is 2.90. The number of anilines is 1. The molecule has 102 valence electrons. The third kappa shape index (κ3) is 3.58. The number of urea groups is 1. The van der Waals surface area contributed by atoms with Crippen LogP contribution in [-0.2, 0) is 4.74 Å². The van der Waals surface area contributed by atoms with Crippen LogP contribution in [-0.4, -0.2) is 37.2 Å². The maximum absolute atomic E-state index is 12.1. The summed E-state index contributed by atoms with van der Waals surface area (Å²) in [6.07, 6.45) is 3.94. The lowest BCUT2D eigenvalue weighted by atomic mass is 10.1. The zero-order valence-corrected chi connectivity index (χ0v) is 11.3. The maximum atomic E-state index is 12.1. The van der Waals surface area contributed by atoms with Crippen LogP contribution in [0.5, 0.6) is 0 Å². The predicted molar refractivity (Wildman–Crippen MR) is 77.2 cm³/mol. The average Bonchev–Trinajstić information content (AvgIpc) is 2.48. The van der Waals surface area contributed by atoms with E-state index in [0.717, 1.165) is 30.6 Å². The van der Waals surface area contributed by atoms with Crippen LogP contribution in [0.4, 0.5) is 10.5 Å². The first kappa shape index (κ1) is 13.6. The molecule has 1 heterocycles. The molecule has 1 saturated heterocycles. The number of nitrogens with zero attached hydrogens (tertiary/aromatic N) is 1. The number of carbonyl (C=O) groups excluding carboxylic acids is 1. The first-order chi connectivity index (χ1) is 9.22. The second-order valence-corrected chi connectivity index (χ2v) is 4.70. The van der Waals surface area contributed by atoms with Crippen molar-refractivity contribution in [3.05, 3.63) is 36.4 Å². The number of piperidine rings is 1. The lowest BCUT2D eigenvalue weighted by molar-refractivity contribution is 0.0458. The Morgan fingerprint density at radius 3 is 2.84 bits per heavy atom. The van der Waals surface area contributed by atoms with Gasteiger partial charge in [0.2, 0.25) is 0 Å². The van der Waals surface area contributed by atoms with Crippen molar-refractivity contribution in [3.63, 3.8) is 0 Å². The highest BCUT2D eigenvalue weighted by molar-refractivity contribution is 5.89. The highest BCUT2D eigenvalue weighted by Crippen LogP contribution is 2.15. The minimum atomic E-state index is -0.0619. The maximum Gasteiger partial charge on any atom is 0.321 e. The first-order valence-corrected chi connectivity index (χ1v) is 6.54. The molecular weight excluding hydrogens is 240 g/mol. The molecule has 1 aliphatic rings.